The number of aromatic hydroxyl groups is 1. The van der Waals surface area contributed by atoms with Crippen molar-refractivity contribution >= 4 is 74.0 Å². The average molecular weight is 626 g/mol. The van der Waals surface area contributed by atoms with E-state index in [1.54, 1.807) is 31.2 Å². The maximum atomic E-state index is 13.3. The Bertz CT molecular complexity index is 1500. The smallest absolute Gasteiger partial charge is 0.302 e. The van der Waals surface area contributed by atoms with Gasteiger partial charge >= 0.3 is 5.97 Å². The molecule has 40 heavy (non-hydrogen) atoms. The average Bonchev–Trinajstić information content (AvgIpc) is 2.90. The number of rotatable bonds is 11. The van der Waals surface area contributed by atoms with Crippen molar-refractivity contribution < 1.29 is 32.6 Å². The van der Waals surface area contributed by atoms with Gasteiger partial charge in [-0.2, -0.15) is 0 Å². The monoisotopic (exact) mass is 624 g/mol. The Morgan fingerprint density at radius 3 is 2.23 bits per heavy atom. The first-order chi connectivity index (χ1) is 18.9. The molecule has 0 saturated heterocycles. The third kappa shape index (κ3) is 8.14. The Hall–Kier alpha value is -3.25. The van der Waals surface area contributed by atoms with Crippen LogP contribution in [0.4, 0.5) is 11.4 Å². The molecule has 0 heterocycles. The first-order valence-electron chi connectivity index (χ1n) is 11.9. The molecule has 0 fully saturated rings. The van der Waals surface area contributed by atoms with Crippen LogP contribution >= 0.6 is 35.0 Å². The fourth-order valence-corrected chi connectivity index (χ4v) is 6.24. The number of amides is 2. The van der Waals surface area contributed by atoms with Crippen molar-refractivity contribution in [1.82, 2.24) is 0 Å². The minimum absolute atomic E-state index is 0.00609. The van der Waals surface area contributed by atoms with Gasteiger partial charge in [-0.05, 0) is 61.0 Å². The molecule has 9 nitrogen and oxygen atoms in total. The lowest BCUT2D eigenvalue weighted by Crippen LogP contribution is -2.34. The highest BCUT2D eigenvalue weighted by atomic mass is 35.5. The van der Waals surface area contributed by atoms with Gasteiger partial charge in [0.25, 0.3) is 5.91 Å². The molecule has 3 aromatic carbocycles. The molecule has 2 amide bonds. The third-order valence-electron chi connectivity index (χ3n) is 5.55. The van der Waals surface area contributed by atoms with E-state index < -0.39 is 26.9 Å². The second-order valence-corrected chi connectivity index (χ2v) is 12.5. The van der Waals surface area contributed by atoms with Gasteiger partial charge in [0.2, 0.25) is 5.91 Å². The molecule has 212 valence electrons. The van der Waals surface area contributed by atoms with Gasteiger partial charge in [0.05, 0.1) is 21.3 Å². The molecular weight excluding hydrogens is 599 g/mol. The van der Waals surface area contributed by atoms with Gasteiger partial charge in [-0.1, -0.05) is 30.1 Å². The van der Waals surface area contributed by atoms with Crippen molar-refractivity contribution in [3.05, 3.63) is 76.3 Å². The minimum atomic E-state index is -4.07. The lowest BCUT2D eigenvalue weighted by Gasteiger charge is -2.18. The number of ether oxygens (including phenoxy) is 1. The number of benzene rings is 3. The van der Waals surface area contributed by atoms with Gasteiger partial charge < -0.3 is 20.5 Å². The van der Waals surface area contributed by atoms with Crippen LogP contribution in [0, 0.1) is 0 Å². The zero-order valence-electron chi connectivity index (χ0n) is 21.4. The highest BCUT2D eigenvalue weighted by Gasteiger charge is 2.33. The van der Waals surface area contributed by atoms with Gasteiger partial charge in [-0.15, -0.1) is 11.8 Å². The zero-order valence-corrected chi connectivity index (χ0v) is 24.6. The Morgan fingerprint density at radius 1 is 0.975 bits per heavy atom. The summed E-state index contributed by atoms with van der Waals surface area (Å²) in [5.41, 5.74) is 0.261. The van der Waals surface area contributed by atoms with Crippen LogP contribution in [0.2, 0.25) is 10.0 Å². The van der Waals surface area contributed by atoms with E-state index in [1.165, 1.54) is 49.0 Å². The minimum Gasteiger partial charge on any atom is -0.506 e. The number of sulfone groups is 1. The van der Waals surface area contributed by atoms with E-state index in [4.69, 9.17) is 27.9 Å². The highest BCUT2D eigenvalue weighted by molar-refractivity contribution is 7.99. The summed E-state index contributed by atoms with van der Waals surface area (Å²) >= 11 is 13.5. The molecule has 0 spiro atoms. The molecule has 0 saturated carbocycles. The second kappa shape index (κ2) is 13.9. The topological polar surface area (TPSA) is 139 Å². The van der Waals surface area contributed by atoms with Crippen LogP contribution in [0.1, 0.15) is 30.6 Å². The zero-order chi connectivity index (χ0) is 29.4. The first kappa shape index (κ1) is 31.3. The summed E-state index contributed by atoms with van der Waals surface area (Å²) in [7, 11) is -4.07. The van der Waals surface area contributed by atoms with Gasteiger partial charge in [0, 0.05) is 34.2 Å². The lowest BCUT2D eigenvalue weighted by atomic mass is 10.2. The molecule has 3 N–H and O–H groups in total. The highest BCUT2D eigenvalue weighted by Crippen LogP contribution is 2.35. The molecular formula is C27H26Cl2N2O7S2. The van der Waals surface area contributed by atoms with E-state index in [2.05, 4.69) is 10.6 Å². The number of carbonyl (C=O) groups excluding carboxylic acids is 3. The fourth-order valence-electron chi connectivity index (χ4n) is 3.55. The summed E-state index contributed by atoms with van der Waals surface area (Å²) in [6.07, 6.45) is -0.0219. The molecule has 0 aromatic heterocycles. The van der Waals surface area contributed by atoms with Crippen molar-refractivity contribution in [2.45, 2.75) is 35.3 Å². The maximum absolute atomic E-state index is 13.3. The summed E-state index contributed by atoms with van der Waals surface area (Å²) in [6, 6.07) is 14.5. The first-order valence-corrected chi connectivity index (χ1v) is 15.2. The van der Waals surface area contributed by atoms with Crippen LogP contribution in [0.3, 0.4) is 0 Å². The number of hydrogen-bond donors (Lipinski definition) is 3. The van der Waals surface area contributed by atoms with Crippen LogP contribution in [0.15, 0.2) is 70.5 Å². The Kier molecular flexibility index (Phi) is 10.9. The number of esters is 1. The molecule has 3 aromatic rings. The van der Waals surface area contributed by atoms with Crippen LogP contribution < -0.4 is 10.6 Å². The summed E-state index contributed by atoms with van der Waals surface area (Å²) in [5.74, 6) is -1.62. The number of thioether (sulfide) groups is 1. The summed E-state index contributed by atoms with van der Waals surface area (Å²) in [5, 5.41) is 14.4. The van der Waals surface area contributed by atoms with Crippen LogP contribution in [-0.2, 0) is 24.2 Å². The van der Waals surface area contributed by atoms with Crippen molar-refractivity contribution in [3.8, 4) is 5.75 Å². The number of nitrogens with one attached hydrogen (secondary N) is 2. The summed E-state index contributed by atoms with van der Waals surface area (Å²) in [4.78, 5) is 37.1. The lowest BCUT2D eigenvalue weighted by molar-refractivity contribution is -0.140. The number of phenols is 1. The molecule has 3 rings (SSSR count). The Labute approximate surface area is 246 Å². The van der Waals surface area contributed by atoms with Crippen molar-refractivity contribution in [2.75, 3.05) is 23.0 Å². The van der Waals surface area contributed by atoms with Crippen LogP contribution in [0.5, 0.6) is 5.75 Å². The molecule has 1 atom stereocenters. The predicted octanol–water partition coefficient (Wildman–Crippen LogP) is 5.80. The number of carbonyl (C=O) groups is 3. The molecule has 13 heteroatoms. The van der Waals surface area contributed by atoms with Gasteiger partial charge in [-0.3, -0.25) is 14.4 Å². The Balaban J connectivity index is 1.70. The van der Waals surface area contributed by atoms with E-state index in [9.17, 15) is 27.9 Å². The SMILES string of the molecule is CCC(C(=O)Nc1cc(O)c(NC(=O)c2ccc(Cl)cc2)cc1Cl)S(=O)(=O)c1ccc(SCCOC(C)=O)cc1. The molecule has 0 aliphatic carbocycles. The molecule has 0 radical (unpaired) electrons. The van der Waals surface area contributed by atoms with E-state index in [1.807, 2.05) is 0 Å². The standard InChI is InChI=1S/C27H26Cl2N2O7S2/c1-3-25(40(36,37)20-10-8-19(9-11-20)39-13-12-38-16(2)32)27(35)30-22-15-24(33)23(14-21(22)29)31-26(34)17-4-6-18(28)7-5-17/h4-11,14-15,25,33H,3,12-13H2,1-2H3,(H,30,35)(H,31,34). The van der Waals surface area contributed by atoms with Crippen LogP contribution in [-0.4, -0.2) is 48.9 Å². The number of phenolic OH excluding ortho intramolecular Hbond substituents is 1. The number of anilines is 2. The number of halogens is 2. The fraction of sp³-hybridized carbons (Fsp3) is 0.222. The maximum Gasteiger partial charge on any atom is 0.302 e. The van der Waals surface area contributed by atoms with E-state index in [0.29, 0.717) is 16.3 Å². The van der Waals surface area contributed by atoms with Crippen molar-refractivity contribution in [1.29, 1.82) is 0 Å². The molecule has 0 aliphatic heterocycles. The van der Waals surface area contributed by atoms with Gasteiger partial charge in [0.15, 0.2) is 9.84 Å². The van der Waals surface area contributed by atoms with E-state index in [-0.39, 0.29) is 46.0 Å². The van der Waals surface area contributed by atoms with Crippen molar-refractivity contribution in [2.24, 2.45) is 0 Å². The number of hydrogen-bond acceptors (Lipinski definition) is 8. The molecule has 1 unspecified atom stereocenters. The van der Waals surface area contributed by atoms with Crippen LogP contribution in [0.25, 0.3) is 0 Å². The third-order valence-corrected chi connectivity index (χ3v) is 9.31. The van der Waals surface area contributed by atoms with Crippen molar-refractivity contribution in [3.63, 3.8) is 0 Å². The molecule has 0 aliphatic rings. The van der Waals surface area contributed by atoms with Gasteiger partial charge in [-0.25, -0.2) is 8.42 Å². The van der Waals surface area contributed by atoms with E-state index in [0.717, 1.165) is 11.0 Å². The van der Waals surface area contributed by atoms with E-state index >= 15 is 0 Å². The largest absolute Gasteiger partial charge is 0.506 e. The molecule has 0 bridgehead atoms. The quantitative estimate of drug-likeness (QED) is 0.105. The predicted molar refractivity (Wildman–Crippen MR) is 156 cm³/mol. The normalized spacial score (nSPS) is 11.9. The second-order valence-electron chi connectivity index (χ2n) is 8.40. The summed E-state index contributed by atoms with van der Waals surface area (Å²) in [6.45, 7) is 3.11. The summed E-state index contributed by atoms with van der Waals surface area (Å²) < 4.78 is 31.4. The van der Waals surface area contributed by atoms with Gasteiger partial charge in [0.1, 0.15) is 17.6 Å². The Morgan fingerprint density at radius 2 is 1.62 bits per heavy atom.